The normalized spacial score (nSPS) is 19.1. The van der Waals surface area contributed by atoms with Gasteiger partial charge in [-0.05, 0) is 31.5 Å². The van der Waals surface area contributed by atoms with E-state index in [9.17, 15) is 13.2 Å². The fourth-order valence-corrected chi connectivity index (χ4v) is 4.16. The number of hydrogen-bond acceptors (Lipinski definition) is 6. The zero-order chi connectivity index (χ0) is 19.0. The first-order valence-electron chi connectivity index (χ1n) is 9.00. The van der Waals surface area contributed by atoms with Crippen molar-refractivity contribution in [1.29, 1.82) is 0 Å². The number of aromatic nitrogens is 2. The first kappa shape index (κ1) is 18.1. The summed E-state index contributed by atoms with van der Waals surface area (Å²) in [4.78, 5) is 22.1. The molecule has 2 aromatic heterocycles. The molecule has 4 rings (SSSR count). The molecule has 8 nitrogen and oxygen atoms in total. The second-order valence-corrected chi connectivity index (χ2v) is 8.86. The van der Waals surface area contributed by atoms with Gasteiger partial charge in [0.1, 0.15) is 16.9 Å². The van der Waals surface area contributed by atoms with Crippen LogP contribution >= 0.6 is 0 Å². The molecule has 1 aliphatic heterocycles. The van der Waals surface area contributed by atoms with Crippen LogP contribution in [0.25, 0.3) is 22.1 Å². The van der Waals surface area contributed by atoms with Crippen LogP contribution in [0.5, 0.6) is 0 Å². The molecule has 0 bridgehead atoms. The lowest BCUT2D eigenvalue weighted by molar-refractivity contribution is 0.138. The second-order valence-electron chi connectivity index (χ2n) is 7.03. The van der Waals surface area contributed by atoms with Crippen LogP contribution in [0.15, 0.2) is 33.5 Å². The predicted molar refractivity (Wildman–Crippen MR) is 103 cm³/mol. The molecule has 1 aromatic carbocycles. The summed E-state index contributed by atoms with van der Waals surface area (Å²) in [6.07, 6.45) is 4.17. The van der Waals surface area contributed by atoms with Crippen molar-refractivity contribution in [3.05, 3.63) is 40.4 Å². The molecule has 0 amide bonds. The molecule has 144 valence electrons. The number of sulfonamides is 1. The van der Waals surface area contributed by atoms with Crippen LogP contribution in [-0.2, 0) is 16.6 Å². The number of benzene rings is 1. The van der Waals surface area contributed by atoms with Gasteiger partial charge in [-0.25, -0.2) is 18.1 Å². The highest BCUT2D eigenvalue weighted by atomic mass is 32.2. The molecular weight excluding hydrogens is 368 g/mol. The molecule has 9 heteroatoms. The lowest BCUT2D eigenvalue weighted by atomic mass is 10.0. The molecule has 1 atom stereocenters. The van der Waals surface area contributed by atoms with Crippen LogP contribution in [0.3, 0.4) is 0 Å². The van der Waals surface area contributed by atoms with E-state index in [4.69, 9.17) is 4.42 Å². The van der Waals surface area contributed by atoms with Crippen molar-refractivity contribution in [1.82, 2.24) is 19.6 Å². The van der Waals surface area contributed by atoms with E-state index in [1.54, 1.807) is 0 Å². The minimum Gasteiger partial charge on any atom is -0.449 e. The van der Waals surface area contributed by atoms with Gasteiger partial charge in [0.05, 0.1) is 12.8 Å². The van der Waals surface area contributed by atoms with Crippen molar-refractivity contribution >= 4 is 32.1 Å². The SMILES string of the molecule is CS(=O)(=O)NC[C@@H]1CCCCN1Cc1nc2c(oc3ccccc32)c(=O)[nH]1. The average Bonchev–Trinajstić information content (AvgIpc) is 3.00. The van der Waals surface area contributed by atoms with Crippen molar-refractivity contribution in [2.24, 2.45) is 0 Å². The number of nitrogens with zero attached hydrogens (tertiary/aromatic N) is 2. The van der Waals surface area contributed by atoms with E-state index in [2.05, 4.69) is 19.6 Å². The lowest BCUT2D eigenvalue weighted by Gasteiger charge is -2.35. The maximum absolute atomic E-state index is 12.5. The third-order valence-corrected chi connectivity index (χ3v) is 5.65. The van der Waals surface area contributed by atoms with Crippen molar-refractivity contribution in [2.45, 2.75) is 31.8 Å². The van der Waals surface area contributed by atoms with E-state index in [0.29, 0.717) is 30.0 Å². The summed E-state index contributed by atoms with van der Waals surface area (Å²) >= 11 is 0. The zero-order valence-electron chi connectivity index (χ0n) is 15.1. The average molecular weight is 390 g/mol. The van der Waals surface area contributed by atoms with Crippen LogP contribution in [0.2, 0.25) is 0 Å². The van der Waals surface area contributed by atoms with E-state index in [-0.39, 0.29) is 17.2 Å². The summed E-state index contributed by atoms with van der Waals surface area (Å²) in [5.74, 6) is 0.560. The largest absolute Gasteiger partial charge is 0.449 e. The zero-order valence-corrected chi connectivity index (χ0v) is 15.9. The fourth-order valence-electron chi connectivity index (χ4n) is 3.66. The molecule has 0 saturated carbocycles. The summed E-state index contributed by atoms with van der Waals surface area (Å²) in [6, 6.07) is 7.52. The minimum atomic E-state index is -3.23. The first-order valence-corrected chi connectivity index (χ1v) is 10.9. The Morgan fingerprint density at radius 3 is 2.96 bits per heavy atom. The number of rotatable bonds is 5. The quantitative estimate of drug-likeness (QED) is 0.685. The van der Waals surface area contributed by atoms with E-state index in [0.717, 1.165) is 37.4 Å². The Morgan fingerprint density at radius 2 is 2.15 bits per heavy atom. The topological polar surface area (TPSA) is 108 Å². The van der Waals surface area contributed by atoms with Gasteiger partial charge in [-0.15, -0.1) is 0 Å². The van der Waals surface area contributed by atoms with Crippen LogP contribution in [-0.4, -0.2) is 48.7 Å². The lowest BCUT2D eigenvalue weighted by Crippen LogP contribution is -2.46. The van der Waals surface area contributed by atoms with Crippen LogP contribution in [0.4, 0.5) is 0 Å². The molecule has 1 fully saturated rings. The Bertz CT molecular complexity index is 1140. The summed E-state index contributed by atoms with van der Waals surface area (Å²) in [5, 5.41) is 0.814. The molecule has 27 heavy (non-hydrogen) atoms. The molecule has 0 aliphatic carbocycles. The third kappa shape index (κ3) is 3.90. The molecule has 2 N–H and O–H groups in total. The Hall–Kier alpha value is -2.23. The molecule has 3 heterocycles. The standard InChI is InChI=1S/C18H22N4O4S/c1-27(24,25)19-10-12-6-4-5-9-22(12)11-15-20-16-13-7-2-3-8-14(13)26-17(16)18(23)21-15/h2-3,7-8,12,19H,4-6,9-11H2,1H3,(H,20,21,23)/t12-/m0/s1. The summed E-state index contributed by atoms with van der Waals surface area (Å²) in [6.45, 7) is 1.66. The van der Waals surface area contributed by atoms with Crippen LogP contribution in [0.1, 0.15) is 25.1 Å². The van der Waals surface area contributed by atoms with Gasteiger partial charge in [0.25, 0.3) is 5.56 Å². The number of H-pyrrole nitrogens is 1. The number of nitrogens with one attached hydrogen (secondary N) is 2. The molecule has 1 aliphatic rings. The molecule has 0 spiro atoms. The van der Waals surface area contributed by atoms with E-state index in [1.807, 2.05) is 24.3 Å². The monoisotopic (exact) mass is 390 g/mol. The highest BCUT2D eigenvalue weighted by molar-refractivity contribution is 7.88. The molecular formula is C18H22N4O4S. The first-order chi connectivity index (χ1) is 12.9. The van der Waals surface area contributed by atoms with Gasteiger partial charge in [0.15, 0.2) is 0 Å². The van der Waals surface area contributed by atoms with Gasteiger partial charge < -0.3 is 9.40 Å². The summed E-state index contributed by atoms with van der Waals surface area (Å²) < 4.78 is 31.1. The van der Waals surface area contributed by atoms with Crippen LogP contribution < -0.4 is 10.3 Å². The van der Waals surface area contributed by atoms with Crippen molar-refractivity contribution < 1.29 is 12.8 Å². The third-order valence-electron chi connectivity index (χ3n) is 4.96. The summed E-state index contributed by atoms with van der Waals surface area (Å²) in [7, 11) is -3.23. The van der Waals surface area contributed by atoms with Crippen molar-refractivity contribution in [3.63, 3.8) is 0 Å². The van der Waals surface area contributed by atoms with E-state index < -0.39 is 10.0 Å². The maximum Gasteiger partial charge on any atom is 0.294 e. The van der Waals surface area contributed by atoms with Gasteiger partial charge >= 0.3 is 0 Å². The van der Waals surface area contributed by atoms with E-state index >= 15 is 0 Å². The molecule has 3 aromatic rings. The van der Waals surface area contributed by atoms with Gasteiger partial charge in [-0.3, -0.25) is 9.69 Å². The number of furan rings is 1. The second kappa shape index (κ2) is 7.06. The molecule has 1 saturated heterocycles. The highest BCUT2D eigenvalue weighted by Crippen LogP contribution is 2.25. The van der Waals surface area contributed by atoms with Crippen LogP contribution in [0, 0.1) is 0 Å². The Morgan fingerprint density at radius 1 is 1.33 bits per heavy atom. The number of hydrogen-bond donors (Lipinski definition) is 2. The number of para-hydroxylation sites is 1. The molecule has 0 unspecified atom stereocenters. The summed E-state index contributed by atoms with van der Waals surface area (Å²) in [5.41, 5.74) is 1.13. The maximum atomic E-state index is 12.5. The minimum absolute atomic E-state index is 0.0792. The number of fused-ring (bicyclic) bond motifs is 3. The molecule has 0 radical (unpaired) electrons. The number of likely N-dealkylation sites (tertiary alicyclic amines) is 1. The Balaban J connectivity index is 1.63. The van der Waals surface area contributed by atoms with Crippen molar-refractivity contribution in [2.75, 3.05) is 19.3 Å². The van der Waals surface area contributed by atoms with Gasteiger partial charge in [0.2, 0.25) is 15.6 Å². The fraction of sp³-hybridized carbons (Fsp3) is 0.444. The Labute approximate surface area is 156 Å². The van der Waals surface area contributed by atoms with Gasteiger partial charge in [0, 0.05) is 18.0 Å². The predicted octanol–water partition coefficient (Wildman–Crippen LogP) is 1.57. The Kier molecular flexibility index (Phi) is 4.75. The van der Waals surface area contributed by atoms with E-state index in [1.165, 1.54) is 0 Å². The van der Waals surface area contributed by atoms with Gasteiger partial charge in [-0.2, -0.15) is 0 Å². The number of piperidine rings is 1. The number of aromatic amines is 1. The highest BCUT2D eigenvalue weighted by Gasteiger charge is 2.24. The van der Waals surface area contributed by atoms with Crippen molar-refractivity contribution in [3.8, 4) is 0 Å². The smallest absolute Gasteiger partial charge is 0.294 e. The van der Waals surface area contributed by atoms with Gasteiger partial charge in [-0.1, -0.05) is 18.6 Å².